The van der Waals surface area contributed by atoms with Gasteiger partial charge in [-0.15, -0.1) is 0 Å². The van der Waals surface area contributed by atoms with Gasteiger partial charge in [0.2, 0.25) is 0 Å². The Hall–Kier alpha value is -2.94. The Morgan fingerprint density at radius 2 is 2.05 bits per heavy atom. The number of halogens is 1. The van der Waals surface area contributed by atoms with Gasteiger partial charge in [0, 0.05) is 6.07 Å². The zero-order chi connectivity index (χ0) is 14.7. The van der Waals surface area contributed by atoms with Crippen molar-refractivity contribution in [3.05, 3.63) is 63.5 Å². The predicted molar refractivity (Wildman–Crippen MR) is 69.0 cm³/mol. The Bertz CT molecular complexity index is 723. The van der Waals surface area contributed by atoms with Crippen molar-refractivity contribution in [3.8, 4) is 17.6 Å². The second kappa shape index (κ2) is 5.36. The van der Waals surface area contributed by atoms with Crippen LogP contribution in [0.2, 0.25) is 0 Å². The highest BCUT2D eigenvalue weighted by molar-refractivity contribution is 5.50. The number of aryl methyl sites for hydroxylation is 1. The molecular weight excluding hydrogens is 263 g/mol. The van der Waals surface area contributed by atoms with Crippen LogP contribution in [0.25, 0.3) is 0 Å². The van der Waals surface area contributed by atoms with Gasteiger partial charge in [-0.1, -0.05) is 6.07 Å². The zero-order valence-corrected chi connectivity index (χ0v) is 10.5. The molecule has 6 heteroatoms. The standard InChI is InChI=1S/C14H9FN2O3/c1-9-5-6-10(17(18)19)7-14(9)20-13-4-2-3-12(15)11(13)8-16/h2-7H,1H3. The van der Waals surface area contributed by atoms with Crippen molar-refractivity contribution in [2.75, 3.05) is 0 Å². The molecule has 2 rings (SSSR count). The van der Waals surface area contributed by atoms with Crippen LogP contribution >= 0.6 is 0 Å². The molecule has 0 aromatic heterocycles. The van der Waals surface area contributed by atoms with E-state index >= 15 is 0 Å². The number of benzene rings is 2. The van der Waals surface area contributed by atoms with E-state index < -0.39 is 10.7 Å². The van der Waals surface area contributed by atoms with Crippen LogP contribution in [0.3, 0.4) is 0 Å². The molecule has 0 bridgehead atoms. The summed E-state index contributed by atoms with van der Waals surface area (Å²) in [5.74, 6) is -0.467. The van der Waals surface area contributed by atoms with E-state index in [4.69, 9.17) is 10.00 Å². The normalized spacial score (nSPS) is 9.85. The Balaban J connectivity index is 2.45. The largest absolute Gasteiger partial charge is 0.455 e. The van der Waals surface area contributed by atoms with Gasteiger partial charge in [-0.3, -0.25) is 10.1 Å². The first-order valence-electron chi connectivity index (χ1n) is 5.64. The zero-order valence-electron chi connectivity index (χ0n) is 10.5. The minimum Gasteiger partial charge on any atom is -0.455 e. The molecule has 2 aromatic rings. The first-order chi connectivity index (χ1) is 9.52. The number of nitriles is 1. The molecule has 0 spiro atoms. The molecule has 0 radical (unpaired) electrons. The van der Waals surface area contributed by atoms with Crippen LogP contribution in [0.15, 0.2) is 36.4 Å². The number of hydrogen-bond donors (Lipinski definition) is 0. The van der Waals surface area contributed by atoms with E-state index in [0.717, 1.165) is 6.07 Å². The molecule has 0 aliphatic rings. The highest BCUT2D eigenvalue weighted by Crippen LogP contribution is 2.31. The van der Waals surface area contributed by atoms with Gasteiger partial charge >= 0.3 is 0 Å². The lowest BCUT2D eigenvalue weighted by Crippen LogP contribution is -1.95. The molecule has 0 atom stereocenters. The second-order valence-corrected chi connectivity index (χ2v) is 4.03. The number of non-ortho nitro benzene ring substituents is 1. The van der Waals surface area contributed by atoms with Gasteiger partial charge in [-0.25, -0.2) is 4.39 Å². The summed E-state index contributed by atoms with van der Waals surface area (Å²) in [4.78, 5) is 10.2. The lowest BCUT2D eigenvalue weighted by molar-refractivity contribution is -0.384. The van der Waals surface area contributed by atoms with E-state index in [-0.39, 0.29) is 22.7 Å². The fourth-order valence-electron chi connectivity index (χ4n) is 1.63. The molecule has 0 aliphatic heterocycles. The minimum atomic E-state index is -0.701. The van der Waals surface area contributed by atoms with E-state index in [9.17, 15) is 14.5 Å². The predicted octanol–water partition coefficient (Wildman–Crippen LogP) is 3.71. The monoisotopic (exact) mass is 272 g/mol. The maximum atomic E-state index is 13.5. The first kappa shape index (κ1) is 13.5. The number of rotatable bonds is 3. The number of nitrogens with zero attached hydrogens (tertiary/aromatic N) is 2. The van der Waals surface area contributed by atoms with Gasteiger partial charge < -0.3 is 4.74 Å². The smallest absolute Gasteiger partial charge is 0.273 e. The van der Waals surface area contributed by atoms with Crippen LogP contribution in [0.1, 0.15) is 11.1 Å². The molecule has 5 nitrogen and oxygen atoms in total. The molecule has 0 saturated heterocycles. The molecule has 100 valence electrons. The molecule has 0 aliphatic carbocycles. The van der Waals surface area contributed by atoms with Gasteiger partial charge in [0.1, 0.15) is 28.9 Å². The summed E-state index contributed by atoms with van der Waals surface area (Å²) in [6, 6.07) is 9.79. The third-order valence-electron chi connectivity index (χ3n) is 2.69. The topological polar surface area (TPSA) is 76.2 Å². The number of ether oxygens (including phenoxy) is 1. The second-order valence-electron chi connectivity index (χ2n) is 4.03. The fourth-order valence-corrected chi connectivity index (χ4v) is 1.63. The van der Waals surface area contributed by atoms with Crippen molar-refractivity contribution in [1.29, 1.82) is 5.26 Å². The lowest BCUT2D eigenvalue weighted by Gasteiger charge is -2.10. The SMILES string of the molecule is Cc1ccc([N+](=O)[O-])cc1Oc1cccc(F)c1C#N. The summed E-state index contributed by atoms with van der Waals surface area (Å²) in [6.45, 7) is 1.70. The maximum absolute atomic E-state index is 13.5. The molecule has 0 saturated carbocycles. The van der Waals surface area contributed by atoms with Crippen LogP contribution in [-0.2, 0) is 0 Å². The highest BCUT2D eigenvalue weighted by atomic mass is 19.1. The average molecular weight is 272 g/mol. The Labute approximate surface area is 114 Å². The van der Waals surface area contributed by atoms with Crippen molar-refractivity contribution in [3.63, 3.8) is 0 Å². The quantitative estimate of drug-likeness (QED) is 0.630. The number of nitro benzene ring substituents is 1. The maximum Gasteiger partial charge on any atom is 0.273 e. The molecular formula is C14H9FN2O3. The first-order valence-corrected chi connectivity index (χ1v) is 5.64. The van der Waals surface area contributed by atoms with E-state index in [0.29, 0.717) is 5.56 Å². The Morgan fingerprint density at radius 3 is 2.70 bits per heavy atom. The molecule has 0 heterocycles. The lowest BCUT2D eigenvalue weighted by atomic mass is 10.2. The molecule has 2 aromatic carbocycles. The van der Waals surface area contributed by atoms with Crippen molar-refractivity contribution < 1.29 is 14.1 Å². The highest BCUT2D eigenvalue weighted by Gasteiger charge is 2.14. The van der Waals surface area contributed by atoms with Crippen molar-refractivity contribution in [2.24, 2.45) is 0 Å². The van der Waals surface area contributed by atoms with Crippen molar-refractivity contribution >= 4 is 5.69 Å². The van der Waals surface area contributed by atoms with Crippen molar-refractivity contribution in [2.45, 2.75) is 6.92 Å². The summed E-state index contributed by atoms with van der Waals surface area (Å²) >= 11 is 0. The van der Waals surface area contributed by atoms with Gasteiger partial charge in [-0.05, 0) is 30.7 Å². The van der Waals surface area contributed by atoms with E-state index in [2.05, 4.69) is 0 Å². The Morgan fingerprint density at radius 1 is 1.30 bits per heavy atom. The van der Waals surface area contributed by atoms with Crippen LogP contribution in [0.5, 0.6) is 11.5 Å². The summed E-state index contributed by atoms with van der Waals surface area (Å²) in [7, 11) is 0. The minimum absolute atomic E-state index is 0.0242. The van der Waals surface area contributed by atoms with Crippen molar-refractivity contribution in [1.82, 2.24) is 0 Å². The van der Waals surface area contributed by atoms with Crippen LogP contribution < -0.4 is 4.74 Å². The average Bonchev–Trinajstić information content (AvgIpc) is 2.41. The van der Waals surface area contributed by atoms with E-state index in [1.54, 1.807) is 13.0 Å². The molecule has 0 fully saturated rings. The Kier molecular flexibility index (Phi) is 3.62. The van der Waals surface area contributed by atoms with Gasteiger partial charge in [-0.2, -0.15) is 5.26 Å². The van der Waals surface area contributed by atoms with Gasteiger partial charge in [0.25, 0.3) is 5.69 Å². The van der Waals surface area contributed by atoms with Gasteiger partial charge in [0.15, 0.2) is 0 Å². The summed E-state index contributed by atoms with van der Waals surface area (Å²) in [5, 5.41) is 19.6. The summed E-state index contributed by atoms with van der Waals surface area (Å²) in [6.07, 6.45) is 0. The van der Waals surface area contributed by atoms with Crippen LogP contribution in [0, 0.1) is 34.2 Å². The summed E-state index contributed by atoms with van der Waals surface area (Å²) < 4.78 is 18.9. The van der Waals surface area contributed by atoms with E-state index in [1.165, 1.54) is 30.3 Å². The third kappa shape index (κ3) is 2.57. The van der Waals surface area contributed by atoms with Crippen LogP contribution in [-0.4, -0.2) is 4.92 Å². The molecule has 0 amide bonds. The fraction of sp³-hybridized carbons (Fsp3) is 0.0714. The molecule has 0 unspecified atom stereocenters. The third-order valence-corrected chi connectivity index (χ3v) is 2.69. The number of nitro groups is 1. The van der Waals surface area contributed by atoms with E-state index in [1.807, 2.05) is 0 Å². The molecule has 20 heavy (non-hydrogen) atoms. The van der Waals surface area contributed by atoms with Crippen LogP contribution in [0.4, 0.5) is 10.1 Å². The van der Waals surface area contributed by atoms with Gasteiger partial charge in [0.05, 0.1) is 11.0 Å². The summed E-state index contributed by atoms with van der Waals surface area (Å²) in [5.41, 5.74) is 0.266. The number of hydrogen-bond acceptors (Lipinski definition) is 4. The molecule has 0 N–H and O–H groups in total.